The Morgan fingerprint density at radius 3 is 2.53 bits per heavy atom. The summed E-state index contributed by atoms with van der Waals surface area (Å²) >= 11 is 0. The number of carbonyl (C=O) groups is 1. The first-order valence-electron chi connectivity index (χ1n) is 6.47. The van der Waals surface area contributed by atoms with Gasteiger partial charge in [0, 0.05) is 25.4 Å². The van der Waals surface area contributed by atoms with Crippen molar-refractivity contribution >= 4 is 5.78 Å². The van der Waals surface area contributed by atoms with Crippen molar-refractivity contribution in [2.24, 2.45) is 0 Å². The number of nitrogens with one attached hydrogen (secondary N) is 1. The van der Waals surface area contributed by atoms with E-state index in [1.807, 2.05) is 18.2 Å². The highest BCUT2D eigenvalue weighted by Gasteiger charge is 2.02. The number of hydrogen-bond acceptors (Lipinski definition) is 2. The summed E-state index contributed by atoms with van der Waals surface area (Å²) < 4.78 is 0. The molecular weight excluding hydrogens is 210 g/mol. The van der Waals surface area contributed by atoms with Gasteiger partial charge in [0.2, 0.25) is 0 Å². The van der Waals surface area contributed by atoms with Crippen molar-refractivity contribution in [2.45, 2.75) is 45.6 Å². The Morgan fingerprint density at radius 2 is 1.88 bits per heavy atom. The standard InChI is InChI=1S/C15H23NO/c1-13(2)16-12-11-15(17)10-6-9-14-7-4-3-5-8-14/h3-5,7-8,13,16H,6,9-12H2,1-2H3. The zero-order valence-corrected chi connectivity index (χ0v) is 10.9. The van der Waals surface area contributed by atoms with E-state index >= 15 is 0 Å². The van der Waals surface area contributed by atoms with E-state index < -0.39 is 0 Å². The van der Waals surface area contributed by atoms with Gasteiger partial charge in [0.1, 0.15) is 5.78 Å². The topological polar surface area (TPSA) is 29.1 Å². The average Bonchev–Trinajstić information content (AvgIpc) is 2.30. The molecule has 94 valence electrons. The summed E-state index contributed by atoms with van der Waals surface area (Å²) in [4.78, 5) is 11.6. The number of benzene rings is 1. The highest BCUT2D eigenvalue weighted by atomic mass is 16.1. The van der Waals surface area contributed by atoms with Crippen molar-refractivity contribution in [1.29, 1.82) is 0 Å². The number of aryl methyl sites for hydroxylation is 1. The van der Waals surface area contributed by atoms with E-state index in [1.54, 1.807) is 0 Å². The molecule has 0 bridgehead atoms. The molecule has 1 aromatic carbocycles. The summed E-state index contributed by atoms with van der Waals surface area (Å²) in [6, 6.07) is 10.8. The molecule has 0 saturated heterocycles. The predicted octanol–water partition coefficient (Wildman–Crippen LogP) is 2.97. The number of rotatable bonds is 8. The molecule has 0 unspecified atom stereocenters. The van der Waals surface area contributed by atoms with Gasteiger partial charge in [-0.3, -0.25) is 4.79 Å². The zero-order chi connectivity index (χ0) is 12.5. The van der Waals surface area contributed by atoms with Gasteiger partial charge < -0.3 is 5.32 Å². The lowest BCUT2D eigenvalue weighted by Crippen LogP contribution is -2.25. The van der Waals surface area contributed by atoms with Crippen LogP contribution in [0.5, 0.6) is 0 Å². The molecule has 0 aliphatic carbocycles. The second-order valence-corrected chi connectivity index (χ2v) is 4.74. The molecule has 0 fully saturated rings. The minimum atomic E-state index is 0.370. The van der Waals surface area contributed by atoms with Crippen molar-refractivity contribution in [3.8, 4) is 0 Å². The SMILES string of the molecule is CC(C)NCCC(=O)CCCc1ccccc1. The van der Waals surface area contributed by atoms with E-state index in [0.29, 0.717) is 24.7 Å². The molecule has 0 aliphatic rings. The zero-order valence-electron chi connectivity index (χ0n) is 10.9. The molecule has 2 heteroatoms. The molecule has 0 amide bonds. The van der Waals surface area contributed by atoms with E-state index in [-0.39, 0.29) is 0 Å². The van der Waals surface area contributed by atoms with E-state index in [0.717, 1.165) is 19.4 Å². The molecular formula is C15H23NO. The van der Waals surface area contributed by atoms with Crippen LogP contribution >= 0.6 is 0 Å². The van der Waals surface area contributed by atoms with Gasteiger partial charge in [-0.2, -0.15) is 0 Å². The van der Waals surface area contributed by atoms with Gasteiger partial charge in [-0.05, 0) is 18.4 Å². The summed E-state index contributed by atoms with van der Waals surface area (Å²) in [6.07, 6.45) is 3.33. The minimum Gasteiger partial charge on any atom is -0.314 e. The van der Waals surface area contributed by atoms with Crippen LogP contribution in [0, 0.1) is 0 Å². The fourth-order valence-electron chi connectivity index (χ4n) is 1.76. The lowest BCUT2D eigenvalue weighted by Gasteiger charge is -2.07. The molecule has 0 atom stereocenters. The summed E-state index contributed by atoms with van der Waals surface area (Å²) in [7, 11) is 0. The number of carbonyl (C=O) groups excluding carboxylic acids is 1. The quantitative estimate of drug-likeness (QED) is 0.748. The summed E-state index contributed by atoms with van der Waals surface area (Å²) in [5, 5.41) is 3.26. The van der Waals surface area contributed by atoms with Crippen LogP contribution in [0.25, 0.3) is 0 Å². The molecule has 0 aromatic heterocycles. The normalized spacial score (nSPS) is 10.8. The molecule has 0 heterocycles. The van der Waals surface area contributed by atoms with Crippen LogP contribution in [0.15, 0.2) is 30.3 Å². The molecule has 0 saturated carbocycles. The molecule has 1 rings (SSSR count). The second-order valence-electron chi connectivity index (χ2n) is 4.74. The number of ketones is 1. The van der Waals surface area contributed by atoms with Crippen molar-refractivity contribution in [3.05, 3.63) is 35.9 Å². The van der Waals surface area contributed by atoms with Crippen LogP contribution in [-0.2, 0) is 11.2 Å². The first-order chi connectivity index (χ1) is 8.18. The Bertz CT molecular complexity index is 319. The third-order valence-corrected chi connectivity index (χ3v) is 2.72. The van der Waals surface area contributed by atoms with E-state index in [2.05, 4.69) is 31.3 Å². The molecule has 17 heavy (non-hydrogen) atoms. The lowest BCUT2D eigenvalue weighted by atomic mass is 10.1. The Morgan fingerprint density at radius 1 is 1.18 bits per heavy atom. The van der Waals surface area contributed by atoms with Crippen molar-refractivity contribution in [2.75, 3.05) is 6.54 Å². The van der Waals surface area contributed by atoms with Gasteiger partial charge in [-0.15, -0.1) is 0 Å². The minimum absolute atomic E-state index is 0.370. The van der Waals surface area contributed by atoms with Crippen LogP contribution in [0.1, 0.15) is 38.7 Å². The predicted molar refractivity (Wildman–Crippen MR) is 72.1 cm³/mol. The van der Waals surface area contributed by atoms with E-state index in [1.165, 1.54) is 5.56 Å². The smallest absolute Gasteiger partial charge is 0.134 e. The lowest BCUT2D eigenvalue weighted by molar-refractivity contribution is -0.119. The van der Waals surface area contributed by atoms with Gasteiger partial charge in [-0.1, -0.05) is 44.2 Å². The maximum absolute atomic E-state index is 11.6. The Balaban J connectivity index is 2.08. The summed E-state index contributed by atoms with van der Waals surface area (Å²) in [5.74, 6) is 0.370. The fraction of sp³-hybridized carbons (Fsp3) is 0.533. The van der Waals surface area contributed by atoms with Crippen LogP contribution < -0.4 is 5.32 Å². The maximum atomic E-state index is 11.6. The number of hydrogen-bond donors (Lipinski definition) is 1. The Hall–Kier alpha value is -1.15. The molecule has 0 spiro atoms. The first-order valence-corrected chi connectivity index (χ1v) is 6.47. The largest absolute Gasteiger partial charge is 0.314 e. The van der Waals surface area contributed by atoms with Crippen LogP contribution in [0.2, 0.25) is 0 Å². The van der Waals surface area contributed by atoms with Crippen molar-refractivity contribution < 1.29 is 4.79 Å². The van der Waals surface area contributed by atoms with Crippen molar-refractivity contribution in [3.63, 3.8) is 0 Å². The van der Waals surface area contributed by atoms with E-state index in [4.69, 9.17) is 0 Å². The number of Topliss-reactive ketones (excluding diaryl/α,β-unsaturated/α-hetero) is 1. The van der Waals surface area contributed by atoms with Gasteiger partial charge >= 0.3 is 0 Å². The van der Waals surface area contributed by atoms with Gasteiger partial charge in [0.25, 0.3) is 0 Å². The van der Waals surface area contributed by atoms with Crippen LogP contribution in [-0.4, -0.2) is 18.4 Å². The Kier molecular flexibility index (Phi) is 6.56. The highest BCUT2D eigenvalue weighted by molar-refractivity contribution is 5.78. The highest BCUT2D eigenvalue weighted by Crippen LogP contribution is 2.05. The molecule has 2 nitrogen and oxygen atoms in total. The Labute approximate surface area is 104 Å². The summed E-state index contributed by atoms with van der Waals surface area (Å²) in [5.41, 5.74) is 1.32. The van der Waals surface area contributed by atoms with E-state index in [9.17, 15) is 4.79 Å². The van der Waals surface area contributed by atoms with Crippen LogP contribution in [0.3, 0.4) is 0 Å². The molecule has 1 N–H and O–H groups in total. The van der Waals surface area contributed by atoms with Crippen LogP contribution in [0.4, 0.5) is 0 Å². The molecule has 0 aliphatic heterocycles. The molecule has 0 radical (unpaired) electrons. The summed E-state index contributed by atoms with van der Waals surface area (Å²) in [6.45, 7) is 5.00. The maximum Gasteiger partial charge on any atom is 0.134 e. The molecule has 1 aromatic rings. The second kappa shape index (κ2) is 8.02. The fourth-order valence-corrected chi connectivity index (χ4v) is 1.76. The van der Waals surface area contributed by atoms with Gasteiger partial charge in [-0.25, -0.2) is 0 Å². The van der Waals surface area contributed by atoms with Crippen molar-refractivity contribution in [1.82, 2.24) is 5.32 Å². The van der Waals surface area contributed by atoms with Gasteiger partial charge in [0.15, 0.2) is 0 Å². The monoisotopic (exact) mass is 233 g/mol. The third kappa shape index (κ3) is 6.90. The first kappa shape index (κ1) is 13.9. The van der Waals surface area contributed by atoms with Gasteiger partial charge in [0.05, 0.1) is 0 Å². The average molecular weight is 233 g/mol. The third-order valence-electron chi connectivity index (χ3n) is 2.72.